The van der Waals surface area contributed by atoms with Crippen molar-refractivity contribution in [3.05, 3.63) is 58.1 Å². The van der Waals surface area contributed by atoms with Crippen molar-refractivity contribution in [2.24, 2.45) is 5.92 Å². The van der Waals surface area contributed by atoms with Crippen LogP contribution in [0.25, 0.3) is 17.2 Å². The van der Waals surface area contributed by atoms with Crippen LogP contribution in [-0.4, -0.2) is 23.3 Å². The number of nitrogens with zero attached hydrogens (tertiary/aromatic N) is 1. The van der Waals surface area contributed by atoms with E-state index < -0.39 is 23.5 Å². The van der Waals surface area contributed by atoms with E-state index in [1.807, 2.05) is 0 Å². The molecule has 7 heteroatoms. The van der Waals surface area contributed by atoms with Gasteiger partial charge in [0, 0.05) is 11.5 Å². The van der Waals surface area contributed by atoms with Crippen LogP contribution < -0.4 is 0 Å². The molecule has 142 valence electrons. The summed E-state index contributed by atoms with van der Waals surface area (Å²) in [6, 6.07) is 6.10. The molecule has 0 amide bonds. The van der Waals surface area contributed by atoms with E-state index in [1.54, 1.807) is 26.0 Å². The lowest BCUT2D eigenvalue weighted by atomic mass is 9.91. The average molecular weight is 410 g/mol. The third-order valence-electron chi connectivity index (χ3n) is 4.00. The van der Waals surface area contributed by atoms with Gasteiger partial charge in [0.15, 0.2) is 0 Å². The quantitative estimate of drug-likeness (QED) is 0.360. The van der Waals surface area contributed by atoms with Gasteiger partial charge in [0.25, 0.3) is 0 Å². The number of pyridine rings is 1. The molecule has 27 heavy (non-hydrogen) atoms. The van der Waals surface area contributed by atoms with Crippen LogP contribution in [0.1, 0.15) is 25.0 Å². The fraction of sp³-hybridized carbons (Fsp3) is 0.250. The number of esters is 1. The lowest BCUT2D eigenvalue weighted by Crippen LogP contribution is -2.25. The van der Waals surface area contributed by atoms with Crippen molar-refractivity contribution in [2.45, 2.75) is 20.3 Å². The average Bonchev–Trinajstić information content (AvgIpc) is 2.63. The van der Waals surface area contributed by atoms with Crippen molar-refractivity contribution in [2.75, 3.05) is 6.61 Å². The molecule has 0 bridgehead atoms. The maximum atomic E-state index is 14.6. The van der Waals surface area contributed by atoms with E-state index in [2.05, 4.69) is 11.6 Å². The summed E-state index contributed by atoms with van der Waals surface area (Å²) in [6.45, 7) is 6.90. The number of aromatic nitrogens is 1. The summed E-state index contributed by atoms with van der Waals surface area (Å²) in [4.78, 5) is 27.8. The molecule has 2 rings (SSSR count). The first-order valence-electron chi connectivity index (χ1n) is 8.26. The molecule has 0 aliphatic rings. The monoisotopic (exact) mass is 409 g/mol. The molecule has 2 aromatic rings. The third kappa shape index (κ3) is 4.93. The number of halogens is 3. The van der Waals surface area contributed by atoms with Crippen LogP contribution in [0.4, 0.5) is 4.39 Å². The molecule has 1 aromatic heterocycles. The Kier molecular flexibility index (Phi) is 7.11. The molecular formula is C20H18Cl2FNO3. The van der Waals surface area contributed by atoms with Crippen molar-refractivity contribution in [3.63, 3.8) is 0 Å². The maximum absolute atomic E-state index is 14.6. The Bertz CT molecular complexity index is 899. The fourth-order valence-electron chi connectivity index (χ4n) is 2.62. The lowest BCUT2D eigenvalue weighted by Gasteiger charge is -2.16. The van der Waals surface area contributed by atoms with Gasteiger partial charge in [-0.25, -0.2) is 14.2 Å². The van der Waals surface area contributed by atoms with Gasteiger partial charge in [0.05, 0.1) is 6.61 Å². The highest BCUT2D eigenvalue weighted by atomic mass is 35.5. The minimum Gasteiger partial charge on any atom is -0.460 e. The van der Waals surface area contributed by atoms with E-state index in [0.29, 0.717) is 16.7 Å². The summed E-state index contributed by atoms with van der Waals surface area (Å²) in [5.41, 5.74) is 1.72. The van der Waals surface area contributed by atoms with Crippen LogP contribution in [0, 0.1) is 11.7 Å². The molecule has 1 aromatic carbocycles. The van der Waals surface area contributed by atoms with Crippen LogP contribution in [0.15, 0.2) is 30.8 Å². The van der Waals surface area contributed by atoms with E-state index in [1.165, 1.54) is 18.2 Å². The second-order valence-electron chi connectivity index (χ2n) is 5.90. The Labute approximate surface area is 167 Å². The molecule has 0 N–H and O–H groups in total. The molecule has 0 radical (unpaired) electrons. The molecule has 4 nitrogen and oxygen atoms in total. The highest BCUT2D eigenvalue weighted by molar-refractivity contribution is 6.35. The zero-order chi connectivity index (χ0) is 20.1. The standard InChI is InChI=1S/C20H18Cl2FNO3/c1-4-12-6-7-13(16(23)9-12)14-10-17(21)24-19(22)15(14)8-11(3)18(25)20(26)27-5-2/h4,6-7,9-11H,1,5,8H2,2-3H3. The van der Waals surface area contributed by atoms with Gasteiger partial charge < -0.3 is 4.74 Å². The predicted octanol–water partition coefficient (Wildman–Crippen LogP) is 5.15. The van der Waals surface area contributed by atoms with Crippen LogP contribution in [0.2, 0.25) is 10.3 Å². The summed E-state index contributed by atoms with van der Waals surface area (Å²) in [5, 5.41) is 0.142. The van der Waals surface area contributed by atoms with Gasteiger partial charge >= 0.3 is 5.97 Å². The minimum atomic E-state index is -0.911. The number of hydrogen-bond acceptors (Lipinski definition) is 4. The summed E-state index contributed by atoms with van der Waals surface area (Å²) >= 11 is 12.2. The number of benzene rings is 1. The maximum Gasteiger partial charge on any atom is 0.374 e. The van der Waals surface area contributed by atoms with Crippen molar-refractivity contribution < 1.29 is 18.7 Å². The SMILES string of the molecule is C=Cc1ccc(-c2cc(Cl)nc(Cl)c2CC(C)C(=O)C(=O)OCC)c(F)c1. The second-order valence-corrected chi connectivity index (χ2v) is 6.64. The number of rotatable bonds is 7. The van der Waals surface area contributed by atoms with E-state index in [4.69, 9.17) is 27.9 Å². The van der Waals surface area contributed by atoms with Crippen molar-refractivity contribution in [3.8, 4) is 11.1 Å². The summed E-state index contributed by atoms with van der Waals surface area (Å²) < 4.78 is 19.3. The number of Topliss-reactive ketones (excluding diaryl/α,β-unsaturated/α-hetero) is 1. The number of ketones is 1. The zero-order valence-corrected chi connectivity index (χ0v) is 16.4. The summed E-state index contributed by atoms with van der Waals surface area (Å²) in [5.74, 6) is -2.81. The topological polar surface area (TPSA) is 56.3 Å². The molecule has 0 saturated carbocycles. The van der Waals surface area contributed by atoms with Gasteiger partial charge in [-0.15, -0.1) is 0 Å². The Hall–Kier alpha value is -2.24. The van der Waals surface area contributed by atoms with Gasteiger partial charge in [0.2, 0.25) is 5.78 Å². The lowest BCUT2D eigenvalue weighted by molar-refractivity contribution is -0.155. The van der Waals surface area contributed by atoms with Gasteiger partial charge in [-0.05, 0) is 42.2 Å². The highest BCUT2D eigenvalue weighted by Crippen LogP contribution is 2.34. The largest absolute Gasteiger partial charge is 0.460 e. The number of ether oxygens (including phenoxy) is 1. The molecule has 0 saturated heterocycles. The van der Waals surface area contributed by atoms with Crippen LogP contribution in [-0.2, 0) is 20.7 Å². The van der Waals surface area contributed by atoms with Crippen molar-refractivity contribution in [1.29, 1.82) is 0 Å². The minimum absolute atomic E-state index is 0.0493. The van der Waals surface area contributed by atoms with Crippen LogP contribution in [0.5, 0.6) is 0 Å². The van der Waals surface area contributed by atoms with Gasteiger partial charge in [-0.3, -0.25) is 4.79 Å². The smallest absolute Gasteiger partial charge is 0.374 e. The van der Waals surface area contributed by atoms with E-state index in [9.17, 15) is 14.0 Å². The molecule has 0 aliphatic heterocycles. The van der Waals surface area contributed by atoms with Crippen molar-refractivity contribution in [1.82, 2.24) is 4.98 Å². The number of carbonyl (C=O) groups is 2. The Morgan fingerprint density at radius 2 is 2.00 bits per heavy atom. The predicted molar refractivity (Wildman–Crippen MR) is 104 cm³/mol. The van der Waals surface area contributed by atoms with E-state index in [0.717, 1.165) is 0 Å². The fourth-order valence-corrected chi connectivity index (χ4v) is 3.13. The van der Waals surface area contributed by atoms with Gasteiger partial charge in [-0.2, -0.15) is 0 Å². The summed E-state index contributed by atoms with van der Waals surface area (Å²) in [6.07, 6.45) is 1.61. The second kappa shape index (κ2) is 9.11. The molecule has 0 fully saturated rings. The van der Waals surface area contributed by atoms with Crippen LogP contribution in [0.3, 0.4) is 0 Å². The third-order valence-corrected chi connectivity index (χ3v) is 4.50. The Balaban J connectivity index is 2.47. The van der Waals surface area contributed by atoms with Crippen molar-refractivity contribution >= 4 is 41.0 Å². The summed E-state index contributed by atoms with van der Waals surface area (Å²) in [7, 11) is 0. The van der Waals surface area contributed by atoms with Crippen LogP contribution >= 0.6 is 23.2 Å². The van der Waals surface area contributed by atoms with Gasteiger partial charge in [0.1, 0.15) is 16.1 Å². The first-order chi connectivity index (χ1) is 12.8. The number of carbonyl (C=O) groups excluding carboxylic acids is 2. The van der Waals surface area contributed by atoms with E-state index in [-0.39, 0.29) is 28.9 Å². The molecule has 0 aliphatic carbocycles. The highest BCUT2D eigenvalue weighted by Gasteiger charge is 2.26. The van der Waals surface area contributed by atoms with E-state index >= 15 is 0 Å². The first-order valence-corrected chi connectivity index (χ1v) is 9.02. The molecule has 1 atom stereocenters. The molecule has 1 unspecified atom stereocenters. The molecule has 0 spiro atoms. The first kappa shape index (κ1) is 21.1. The Morgan fingerprint density at radius 3 is 2.59 bits per heavy atom. The molecular weight excluding hydrogens is 392 g/mol. The Morgan fingerprint density at radius 1 is 1.30 bits per heavy atom. The number of hydrogen-bond donors (Lipinski definition) is 0. The normalized spacial score (nSPS) is 11.7. The van der Waals surface area contributed by atoms with Gasteiger partial charge in [-0.1, -0.05) is 54.9 Å². The molecule has 1 heterocycles. The zero-order valence-electron chi connectivity index (χ0n) is 14.9.